The lowest BCUT2D eigenvalue weighted by atomic mass is 9.85. The Kier molecular flexibility index (Phi) is 7.37. The lowest BCUT2D eigenvalue weighted by Crippen LogP contribution is -2.66. The quantitative estimate of drug-likeness (QED) is 0.446. The Morgan fingerprint density at radius 2 is 1.89 bits per heavy atom. The molecule has 7 heteroatoms. The number of ketones is 1. The number of β-lactam (4-membered cyclic amide) rings is 1. The minimum Gasteiger partial charge on any atom is -0.446 e. The molecular weight excluding hydrogens is 378 g/mol. The lowest BCUT2D eigenvalue weighted by molar-refractivity contribution is -0.161. The lowest BCUT2D eigenvalue weighted by Gasteiger charge is -2.51. The molecule has 0 aromatic heterocycles. The Balaban J connectivity index is 2.32. The summed E-state index contributed by atoms with van der Waals surface area (Å²) in [5.74, 6) is -0.721. The van der Waals surface area contributed by atoms with E-state index in [0.29, 0.717) is 11.3 Å². The highest BCUT2D eigenvalue weighted by molar-refractivity contribution is 8.00. The van der Waals surface area contributed by atoms with E-state index in [2.05, 4.69) is 6.92 Å². The van der Waals surface area contributed by atoms with Crippen LogP contribution in [0.15, 0.2) is 11.3 Å². The first-order chi connectivity index (χ1) is 13.1. The SMILES string of the molecule is CCCCC(CC)C(=O)OC1S[C@H]2[C@@H](OC)C(=O)N2C(C(=O)C(C)(C)C)=C1C. The summed E-state index contributed by atoms with van der Waals surface area (Å²) in [4.78, 5) is 39.8. The van der Waals surface area contributed by atoms with Crippen molar-refractivity contribution in [2.24, 2.45) is 11.3 Å². The van der Waals surface area contributed by atoms with Crippen LogP contribution < -0.4 is 0 Å². The molecule has 0 saturated carbocycles. The van der Waals surface area contributed by atoms with E-state index in [1.54, 1.807) is 6.92 Å². The molecule has 0 spiro atoms. The van der Waals surface area contributed by atoms with Crippen molar-refractivity contribution in [3.8, 4) is 0 Å². The van der Waals surface area contributed by atoms with Crippen molar-refractivity contribution >= 4 is 29.4 Å². The highest BCUT2D eigenvalue weighted by Gasteiger charge is 2.56. The van der Waals surface area contributed by atoms with Gasteiger partial charge in [0.15, 0.2) is 17.3 Å². The summed E-state index contributed by atoms with van der Waals surface area (Å²) < 4.78 is 11.2. The largest absolute Gasteiger partial charge is 0.446 e. The summed E-state index contributed by atoms with van der Waals surface area (Å²) >= 11 is 1.36. The number of thioether (sulfide) groups is 1. The zero-order valence-corrected chi connectivity index (χ0v) is 18.9. The van der Waals surface area contributed by atoms with Gasteiger partial charge in [0.1, 0.15) is 5.37 Å². The second-order valence-corrected chi connectivity index (χ2v) is 9.70. The smallest absolute Gasteiger partial charge is 0.310 e. The van der Waals surface area contributed by atoms with Crippen LogP contribution in [0, 0.1) is 11.3 Å². The minimum absolute atomic E-state index is 0.128. The molecule has 0 bridgehead atoms. The van der Waals surface area contributed by atoms with Crippen LogP contribution in [-0.2, 0) is 23.9 Å². The van der Waals surface area contributed by atoms with Crippen LogP contribution in [0.4, 0.5) is 0 Å². The molecule has 1 saturated heterocycles. The van der Waals surface area contributed by atoms with Gasteiger partial charge < -0.3 is 9.47 Å². The number of rotatable bonds is 8. The number of amides is 1. The van der Waals surface area contributed by atoms with E-state index in [9.17, 15) is 14.4 Å². The number of allylic oxidation sites excluding steroid dienone is 1. The Labute approximate surface area is 172 Å². The van der Waals surface area contributed by atoms with Crippen molar-refractivity contribution in [3.05, 3.63) is 11.3 Å². The fourth-order valence-corrected chi connectivity index (χ4v) is 4.88. The maximum atomic E-state index is 13.1. The molecule has 1 fully saturated rings. The number of hydrogen-bond acceptors (Lipinski definition) is 6. The van der Waals surface area contributed by atoms with Crippen LogP contribution in [0.1, 0.15) is 67.2 Å². The Hall–Kier alpha value is -1.34. The molecule has 158 valence electrons. The molecule has 2 aliphatic heterocycles. The topological polar surface area (TPSA) is 72.9 Å². The van der Waals surface area contributed by atoms with E-state index in [0.717, 1.165) is 25.7 Å². The summed E-state index contributed by atoms with van der Waals surface area (Å²) in [7, 11) is 1.48. The first-order valence-electron chi connectivity index (χ1n) is 10.1. The summed E-state index contributed by atoms with van der Waals surface area (Å²) in [6.07, 6.45) is 2.91. The molecule has 0 radical (unpaired) electrons. The van der Waals surface area contributed by atoms with E-state index >= 15 is 0 Å². The Morgan fingerprint density at radius 3 is 2.39 bits per heavy atom. The number of methoxy groups -OCH3 is 1. The van der Waals surface area contributed by atoms with Gasteiger partial charge in [-0.3, -0.25) is 19.3 Å². The molecule has 6 nitrogen and oxygen atoms in total. The average molecular weight is 412 g/mol. The zero-order chi connectivity index (χ0) is 21.2. The van der Waals surface area contributed by atoms with E-state index < -0.39 is 17.0 Å². The van der Waals surface area contributed by atoms with Crippen LogP contribution >= 0.6 is 11.8 Å². The summed E-state index contributed by atoms with van der Waals surface area (Å²) in [6.45, 7) is 11.3. The van der Waals surface area contributed by atoms with Gasteiger partial charge in [0, 0.05) is 18.1 Å². The summed E-state index contributed by atoms with van der Waals surface area (Å²) in [5.41, 5.74) is -0.253. The molecule has 0 N–H and O–H groups in total. The molecule has 2 rings (SSSR count). The van der Waals surface area contributed by atoms with Gasteiger partial charge in [-0.1, -0.05) is 59.2 Å². The van der Waals surface area contributed by atoms with Crippen molar-refractivity contribution in [2.75, 3.05) is 7.11 Å². The van der Waals surface area contributed by atoms with Gasteiger partial charge in [-0.25, -0.2) is 0 Å². The average Bonchev–Trinajstić information content (AvgIpc) is 2.63. The third kappa shape index (κ3) is 4.30. The van der Waals surface area contributed by atoms with Crippen LogP contribution in [0.25, 0.3) is 0 Å². The van der Waals surface area contributed by atoms with Crippen molar-refractivity contribution in [3.63, 3.8) is 0 Å². The Bertz CT molecular complexity index is 666. The van der Waals surface area contributed by atoms with E-state index in [4.69, 9.17) is 9.47 Å². The summed E-state index contributed by atoms with van der Waals surface area (Å²) in [6, 6.07) is 0. The van der Waals surface area contributed by atoms with Gasteiger partial charge in [-0.15, -0.1) is 0 Å². The maximum Gasteiger partial charge on any atom is 0.310 e. The van der Waals surface area contributed by atoms with Crippen LogP contribution in [0.2, 0.25) is 0 Å². The minimum atomic E-state index is -0.650. The van der Waals surface area contributed by atoms with Crippen molar-refractivity contribution < 1.29 is 23.9 Å². The van der Waals surface area contributed by atoms with Crippen molar-refractivity contribution in [2.45, 2.75) is 84.1 Å². The van der Waals surface area contributed by atoms with Gasteiger partial charge in [-0.2, -0.15) is 0 Å². The molecule has 1 amide bonds. The summed E-state index contributed by atoms with van der Waals surface area (Å²) in [5, 5.41) is -0.351. The van der Waals surface area contributed by atoms with E-state index in [1.807, 2.05) is 27.7 Å². The third-order valence-corrected chi connectivity index (χ3v) is 6.76. The molecule has 0 aromatic rings. The number of unbranched alkanes of at least 4 members (excludes halogenated alkanes) is 1. The fraction of sp³-hybridized carbons (Fsp3) is 0.762. The second kappa shape index (κ2) is 8.99. The fourth-order valence-electron chi connectivity index (χ4n) is 3.46. The molecule has 2 aliphatic rings. The van der Waals surface area contributed by atoms with Crippen molar-refractivity contribution in [1.29, 1.82) is 0 Å². The number of ether oxygens (including phenoxy) is 2. The predicted octanol–water partition coefficient (Wildman–Crippen LogP) is 3.89. The molecule has 0 aliphatic carbocycles. The van der Waals surface area contributed by atoms with Gasteiger partial charge in [0.2, 0.25) is 0 Å². The van der Waals surface area contributed by atoms with Crippen LogP contribution in [0.3, 0.4) is 0 Å². The molecule has 28 heavy (non-hydrogen) atoms. The third-order valence-electron chi connectivity index (χ3n) is 5.33. The van der Waals surface area contributed by atoms with Gasteiger partial charge >= 0.3 is 5.97 Å². The molecule has 2 unspecified atom stereocenters. The predicted molar refractivity (Wildman–Crippen MR) is 109 cm³/mol. The second-order valence-electron chi connectivity index (χ2n) is 8.52. The first-order valence-corrected chi connectivity index (χ1v) is 11.0. The van der Waals surface area contributed by atoms with Gasteiger partial charge in [0.25, 0.3) is 5.91 Å². The number of fused-ring (bicyclic) bond motifs is 1. The standard InChI is InChI=1S/C21H33NO5S/c1-8-10-11-13(9-2)19(25)27-20-12(3)14(16(23)21(4,5)6)22-17(24)15(26-7)18(22)28-20/h13,15,18,20H,8-11H2,1-7H3/t13?,15-,18-,20?/m0/s1. The molecule has 2 heterocycles. The van der Waals surface area contributed by atoms with Gasteiger partial charge in [-0.05, 0) is 19.8 Å². The number of Topliss-reactive ketones (excluding diaryl/α,β-unsaturated/α-hetero) is 1. The zero-order valence-electron chi connectivity index (χ0n) is 18.0. The van der Waals surface area contributed by atoms with E-state index in [-0.39, 0.29) is 29.0 Å². The number of esters is 1. The highest BCUT2D eigenvalue weighted by Crippen LogP contribution is 2.47. The number of nitrogens with zero attached hydrogens (tertiary/aromatic N) is 1. The number of hydrogen-bond donors (Lipinski definition) is 0. The normalized spacial score (nSPS) is 25.9. The Morgan fingerprint density at radius 1 is 1.25 bits per heavy atom. The first kappa shape index (κ1) is 22.9. The molecule has 4 atom stereocenters. The van der Waals surface area contributed by atoms with Crippen LogP contribution in [-0.4, -0.2) is 46.6 Å². The maximum absolute atomic E-state index is 13.1. The van der Waals surface area contributed by atoms with Crippen LogP contribution in [0.5, 0.6) is 0 Å². The molecule has 0 aromatic carbocycles. The molecular formula is C21H33NO5S. The van der Waals surface area contributed by atoms with Crippen molar-refractivity contribution in [1.82, 2.24) is 4.90 Å². The highest BCUT2D eigenvalue weighted by atomic mass is 32.2. The van der Waals surface area contributed by atoms with Gasteiger partial charge in [0.05, 0.1) is 11.6 Å². The van der Waals surface area contributed by atoms with E-state index in [1.165, 1.54) is 23.8 Å². The number of carbonyl (C=O) groups is 3. The number of carbonyl (C=O) groups excluding carboxylic acids is 3. The monoisotopic (exact) mass is 411 g/mol.